The van der Waals surface area contributed by atoms with Crippen LogP contribution in [-0.4, -0.2) is 61.7 Å². The van der Waals surface area contributed by atoms with E-state index < -0.39 is 28.8 Å². The zero-order valence-corrected chi connectivity index (χ0v) is 21.9. The van der Waals surface area contributed by atoms with Crippen molar-refractivity contribution in [3.8, 4) is 11.5 Å². The lowest BCUT2D eigenvalue weighted by atomic mass is 9.77. The number of para-hydroxylation sites is 1. The number of likely N-dealkylation sites (tertiary alicyclic amines) is 1. The number of ether oxygens (including phenoxy) is 4. The fraction of sp³-hybridized carbons (Fsp3) is 0.464. The zero-order chi connectivity index (χ0) is 26.3. The lowest BCUT2D eigenvalue weighted by Crippen LogP contribution is -2.54. The molecular weight excluding hydrogens is 460 g/mol. The Morgan fingerprint density at radius 2 is 1.50 bits per heavy atom. The lowest BCUT2D eigenvalue weighted by Gasteiger charge is -2.36. The number of esters is 2. The van der Waals surface area contributed by atoms with Gasteiger partial charge in [-0.2, -0.15) is 0 Å². The Hall–Kier alpha value is -3.55. The monoisotopic (exact) mass is 496 g/mol. The summed E-state index contributed by atoms with van der Waals surface area (Å²) in [6.07, 6.45) is 0. The zero-order valence-electron chi connectivity index (χ0n) is 21.9. The Bertz CT molecular complexity index is 1040. The molecule has 1 saturated heterocycles. The Kier molecular flexibility index (Phi) is 8.61. The van der Waals surface area contributed by atoms with Crippen LogP contribution < -0.4 is 9.47 Å². The van der Waals surface area contributed by atoms with E-state index in [1.807, 2.05) is 56.0 Å². The first-order valence-corrected chi connectivity index (χ1v) is 12.2. The summed E-state index contributed by atoms with van der Waals surface area (Å²) in [5, 5.41) is 0. The molecule has 1 aliphatic rings. The molecule has 36 heavy (non-hydrogen) atoms. The first-order chi connectivity index (χ1) is 17.2. The predicted octanol–water partition coefficient (Wildman–Crippen LogP) is 4.65. The minimum atomic E-state index is -1.79. The maximum absolute atomic E-state index is 13.8. The number of aliphatic imine (C=N–C) groups is 1. The Balaban J connectivity index is 2.16. The van der Waals surface area contributed by atoms with E-state index in [9.17, 15) is 9.59 Å². The van der Waals surface area contributed by atoms with Crippen LogP contribution in [0.5, 0.6) is 11.5 Å². The van der Waals surface area contributed by atoms with Gasteiger partial charge in [0, 0.05) is 18.0 Å². The van der Waals surface area contributed by atoms with E-state index in [-0.39, 0.29) is 19.8 Å². The molecule has 1 heterocycles. The highest BCUT2D eigenvalue weighted by atomic mass is 16.6. The number of hydrogen-bond donors (Lipinski definition) is 0. The minimum absolute atomic E-state index is 0.0738. The third-order valence-corrected chi connectivity index (χ3v) is 6.13. The molecule has 1 atom stereocenters. The topological polar surface area (TPSA) is 86.7 Å². The van der Waals surface area contributed by atoms with Crippen LogP contribution in [-0.2, 0) is 19.1 Å². The Morgan fingerprint density at radius 1 is 0.944 bits per heavy atom. The van der Waals surface area contributed by atoms with Gasteiger partial charge in [-0.1, -0.05) is 18.2 Å². The number of carbonyl (C=O) groups is 2. The Morgan fingerprint density at radius 3 is 2.00 bits per heavy atom. The highest BCUT2D eigenvalue weighted by Crippen LogP contribution is 2.45. The summed E-state index contributed by atoms with van der Waals surface area (Å²) in [7, 11) is 1.59. The number of benzene rings is 2. The van der Waals surface area contributed by atoms with Crippen molar-refractivity contribution >= 4 is 23.5 Å². The van der Waals surface area contributed by atoms with Crippen LogP contribution in [0, 0.1) is 11.3 Å². The summed E-state index contributed by atoms with van der Waals surface area (Å²) in [4.78, 5) is 34.4. The summed E-state index contributed by atoms with van der Waals surface area (Å²) in [6.45, 7) is 10.1. The lowest BCUT2D eigenvalue weighted by molar-refractivity contribution is -0.169. The van der Waals surface area contributed by atoms with Crippen LogP contribution in [0.4, 0.5) is 5.69 Å². The predicted molar refractivity (Wildman–Crippen MR) is 138 cm³/mol. The maximum atomic E-state index is 13.8. The molecule has 0 aliphatic carbocycles. The number of methoxy groups -OCH3 is 1. The number of carbonyl (C=O) groups excluding carboxylic acids is 2. The molecule has 0 bridgehead atoms. The SMILES string of the molecule is CCOC(=O)C1(C(=O)OCC)C(=Nc2ccccc2)N(C(C)(C)C)CC1COc1ccc(OC)cc1. The largest absolute Gasteiger partial charge is 0.497 e. The van der Waals surface area contributed by atoms with E-state index in [0.717, 1.165) is 0 Å². The molecule has 0 aromatic heterocycles. The standard InChI is InChI=1S/C28H36N2O6/c1-7-34-25(31)28(26(32)35-8-2)20(19-36-23-16-14-22(33-6)15-17-23)18-30(27(3,4)5)24(28)29-21-12-10-9-11-13-21/h9-17,20H,7-8,18-19H2,1-6H3. The van der Waals surface area contributed by atoms with Crippen LogP contribution in [0.2, 0.25) is 0 Å². The van der Waals surface area contributed by atoms with Gasteiger partial charge in [0.25, 0.3) is 0 Å². The van der Waals surface area contributed by atoms with Crippen molar-refractivity contribution in [1.29, 1.82) is 0 Å². The van der Waals surface area contributed by atoms with Crippen molar-refractivity contribution in [3.63, 3.8) is 0 Å². The van der Waals surface area contributed by atoms with Gasteiger partial charge in [-0.15, -0.1) is 0 Å². The molecule has 2 aromatic carbocycles. The molecule has 8 nitrogen and oxygen atoms in total. The molecular formula is C28H36N2O6. The van der Waals surface area contributed by atoms with E-state index in [1.165, 1.54) is 0 Å². The van der Waals surface area contributed by atoms with Gasteiger partial charge in [0.15, 0.2) is 0 Å². The highest BCUT2D eigenvalue weighted by Gasteiger charge is 2.66. The summed E-state index contributed by atoms with van der Waals surface area (Å²) >= 11 is 0. The first kappa shape index (κ1) is 27.0. The molecule has 2 aromatic rings. The highest BCUT2D eigenvalue weighted by molar-refractivity contribution is 6.23. The molecule has 0 amide bonds. The van der Waals surface area contributed by atoms with Gasteiger partial charge in [0.05, 0.1) is 32.6 Å². The van der Waals surface area contributed by atoms with Crippen molar-refractivity contribution in [1.82, 2.24) is 4.90 Å². The molecule has 0 saturated carbocycles. The third-order valence-electron chi connectivity index (χ3n) is 6.13. The van der Waals surface area contributed by atoms with Crippen LogP contribution in [0.3, 0.4) is 0 Å². The van der Waals surface area contributed by atoms with E-state index in [1.54, 1.807) is 45.2 Å². The second-order valence-corrected chi connectivity index (χ2v) is 9.48. The molecule has 194 valence electrons. The molecule has 0 N–H and O–H groups in total. The van der Waals surface area contributed by atoms with Crippen LogP contribution in [0.15, 0.2) is 59.6 Å². The minimum Gasteiger partial charge on any atom is -0.497 e. The van der Waals surface area contributed by atoms with Gasteiger partial charge in [-0.25, -0.2) is 4.99 Å². The van der Waals surface area contributed by atoms with Gasteiger partial charge in [0.1, 0.15) is 17.3 Å². The fourth-order valence-electron chi connectivity index (χ4n) is 4.34. The van der Waals surface area contributed by atoms with Crippen LogP contribution in [0.1, 0.15) is 34.6 Å². The van der Waals surface area contributed by atoms with Crippen molar-refractivity contribution in [2.24, 2.45) is 16.3 Å². The molecule has 1 unspecified atom stereocenters. The van der Waals surface area contributed by atoms with Gasteiger partial charge < -0.3 is 23.8 Å². The van der Waals surface area contributed by atoms with Crippen LogP contribution in [0.25, 0.3) is 0 Å². The van der Waals surface area contributed by atoms with Crippen molar-refractivity contribution < 1.29 is 28.5 Å². The Labute approximate surface area is 213 Å². The van der Waals surface area contributed by atoms with E-state index in [2.05, 4.69) is 0 Å². The molecule has 0 radical (unpaired) electrons. The van der Waals surface area contributed by atoms with Gasteiger partial charge in [0.2, 0.25) is 5.41 Å². The van der Waals surface area contributed by atoms with Gasteiger partial charge in [-0.3, -0.25) is 9.59 Å². The smallest absolute Gasteiger partial charge is 0.331 e. The summed E-state index contributed by atoms with van der Waals surface area (Å²) in [6, 6.07) is 16.4. The third kappa shape index (κ3) is 5.48. The summed E-state index contributed by atoms with van der Waals surface area (Å²) in [5.74, 6) is -0.387. The molecule has 0 spiro atoms. The number of rotatable bonds is 9. The second-order valence-electron chi connectivity index (χ2n) is 9.48. The van der Waals surface area contributed by atoms with Crippen molar-refractivity contribution in [2.45, 2.75) is 40.2 Å². The number of hydrogen-bond acceptors (Lipinski definition) is 7. The quantitative estimate of drug-likeness (QED) is 0.369. The molecule has 1 fully saturated rings. The summed E-state index contributed by atoms with van der Waals surface area (Å²) < 4.78 is 22.4. The fourth-order valence-corrected chi connectivity index (χ4v) is 4.34. The van der Waals surface area contributed by atoms with E-state index >= 15 is 0 Å². The summed E-state index contributed by atoms with van der Waals surface area (Å²) in [5.41, 5.74) is -1.62. The second kappa shape index (κ2) is 11.5. The van der Waals surface area contributed by atoms with Gasteiger partial charge >= 0.3 is 11.9 Å². The number of amidine groups is 1. The van der Waals surface area contributed by atoms with Gasteiger partial charge in [-0.05, 0) is 71.0 Å². The average Bonchev–Trinajstić information content (AvgIpc) is 3.19. The van der Waals surface area contributed by atoms with Crippen molar-refractivity contribution in [3.05, 3.63) is 54.6 Å². The normalized spacial score (nSPS) is 18.1. The molecule has 8 heteroatoms. The number of nitrogens with zero attached hydrogens (tertiary/aromatic N) is 2. The molecule has 1 aliphatic heterocycles. The van der Waals surface area contributed by atoms with Crippen LogP contribution >= 0.6 is 0 Å². The first-order valence-electron chi connectivity index (χ1n) is 12.2. The van der Waals surface area contributed by atoms with Crippen molar-refractivity contribution in [2.75, 3.05) is 33.5 Å². The average molecular weight is 497 g/mol. The maximum Gasteiger partial charge on any atom is 0.331 e. The van der Waals surface area contributed by atoms with E-state index in [4.69, 9.17) is 23.9 Å². The van der Waals surface area contributed by atoms with E-state index in [0.29, 0.717) is 29.6 Å². The molecule has 3 rings (SSSR count).